The normalized spacial score (nSPS) is 10.9. The highest BCUT2D eigenvalue weighted by molar-refractivity contribution is 14.0. The zero-order chi connectivity index (χ0) is 19.6. The molecule has 2 N–H and O–H groups in total. The number of aromatic nitrogens is 1. The number of halogens is 1. The van der Waals surface area contributed by atoms with E-state index in [2.05, 4.69) is 51.8 Å². The Balaban J connectivity index is 0.00000300. The standard InChI is InChI=1S/C22H26N4OS.HI/c1-17-14-25-21(28-17)11-12-24-22(23-2)26-15-19-9-6-10-20(13-19)27-16-18-7-4-3-5-8-18;/h3-10,13-14H,11-12,15-16H2,1-2H3,(H2,23,24,26);1H. The topological polar surface area (TPSA) is 58.5 Å². The highest BCUT2D eigenvalue weighted by Gasteiger charge is 2.03. The van der Waals surface area contributed by atoms with E-state index in [1.165, 1.54) is 4.88 Å². The van der Waals surface area contributed by atoms with E-state index < -0.39 is 0 Å². The van der Waals surface area contributed by atoms with E-state index in [0.29, 0.717) is 13.2 Å². The van der Waals surface area contributed by atoms with Crippen molar-refractivity contribution in [1.82, 2.24) is 15.6 Å². The molecule has 2 aromatic carbocycles. The van der Waals surface area contributed by atoms with Gasteiger partial charge in [0.1, 0.15) is 12.4 Å². The molecular formula is C22H27IN4OS. The fourth-order valence-corrected chi connectivity index (χ4v) is 3.48. The average molecular weight is 522 g/mol. The highest BCUT2D eigenvalue weighted by Crippen LogP contribution is 2.15. The third-order valence-electron chi connectivity index (χ3n) is 4.13. The Labute approximate surface area is 193 Å². The lowest BCUT2D eigenvalue weighted by Crippen LogP contribution is -2.37. The molecule has 154 valence electrons. The number of hydrogen-bond acceptors (Lipinski definition) is 4. The monoisotopic (exact) mass is 522 g/mol. The first-order chi connectivity index (χ1) is 13.7. The summed E-state index contributed by atoms with van der Waals surface area (Å²) in [5.74, 6) is 1.65. The van der Waals surface area contributed by atoms with Crippen LogP contribution in [0, 0.1) is 6.92 Å². The first-order valence-corrected chi connectivity index (χ1v) is 10.2. The summed E-state index contributed by atoms with van der Waals surface area (Å²) in [4.78, 5) is 9.91. The Hall–Kier alpha value is -2.13. The molecule has 0 aliphatic carbocycles. The van der Waals surface area contributed by atoms with Crippen molar-refractivity contribution in [1.29, 1.82) is 0 Å². The number of benzene rings is 2. The van der Waals surface area contributed by atoms with Gasteiger partial charge in [0.2, 0.25) is 0 Å². The van der Waals surface area contributed by atoms with Gasteiger partial charge in [0.15, 0.2) is 5.96 Å². The van der Waals surface area contributed by atoms with Crippen LogP contribution >= 0.6 is 35.3 Å². The number of hydrogen-bond donors (Lipinski definition) is 2. The maximum atomic E-state index is 5.90. The zero-order valence-corrected chi connectivity index (χ0v) is 19.9. The van der Waals surface area contributed by atoms with Gasteiger partial charge in [-0.25, -0.2) is 4.98 Å². The van der Waals surface area contributed by atoms with Crippen molar-refractivity contribution in [2.75, 3.05) is 13.6 Å². The Morgan fingerprint density at radius 3 is 2.59 bits per heavy atom. The smallest absolute Gasteiger partial charge is 0.191 e. The lowest BCUT2D eigenvalue weighted by Gasteiger charge is -2.12. The molecule has 1 aromatic heterocycles. The molecular weight excluding hydrogens is 495 g/mol. The third kappa shape index (κ3) is 8.02. The van der Waals surface area contributed by atoms with E-state index in [1.54, 1.807) is 18.4 Å². The van der Waals surface area contributed by atoms with Crippen LogP contribution in [0.2, 0.25) is 0 Å². The summed E-state index contributed by atoms with van der Waals surface area (Å²) in [6.45, 7) is 4.12. The number of rotatable bonds is 8. The Bertz CT molecular complexity index is 899. The van der Waals surface area contributed by atoms with Gasteiger partial charge in [-0.2, -0.15) is 0 Å². The minimum absolute atomic E-state index is 0. The first-order valence-electron chi connectivity index (χ1n) is 9.34. The molecule has 0 radical (unpaired) electrons. The number of thiazole rings is 1. The van der Waals surface area contributed by atoms with Crippen LogP contribution in [0.3, 0.4) is 0 Å². The van der Waals surface area contributed by atoms with Gasteiger partial charge < -0.3 is 15.4 Å². The van der Waals surface area contributed by atoms with E-state index in [-0.39, 0.29) is 24.0 Å². The summed E-state index contributed by atoms with van der Waals surface area (Å²) in [5, 5.41) is 7.82. The van der Waals surface area contributed by atoms with Crippen LogP contribution in [-0.4, -0.2) is 24.5 Å². The summed E-state index contributed by atoms with van der Waals surface area (Å²) in [6, 6.07) is 18.3. The molecule has 1 heterocycles. The molecule has 0 fully saturated rings. The maximum Gasteiger partial charge on any atom is 0.191 e. The van der Waals surface area contributed by atoms with Crippen LogP contribution in [-0.2, 0) is 19.6 Å². The second-order valence-corrected chi connectivity index (χ2v) is 7.71. The molecule has 29 heavy (non-hydrogen) atoms. The number of guanidine groups is 1. The minimum atomic E-state index is 0. The van der Waals surface area contributed by atoms with Gasteiger partial charge in [0.05, 0.1) is 5.01 Å². The summed E-state index contributed by atoms with van der Waals surface area (Å²) in [5.41, 5.74) is 2.30. The summed E-state index contributed by atoms with van der Waals surface area (Å²) < 4.78 is 5.90. The van der Waals surface area contributed by atoms with Gasteiger partial charge >= 0.3 is 0 Å². The number of ether oxygens (including phenoxy) is 1. The van der Waals surface area contributed by atoms with Crippen LogP contribution in [0.15, 0.2) is 65.8 Å². The second kappa shape index (κ2) is 12.4. The largest absolute Gasteiger partial charge is 0.489 e. The number of aryl methyl sites for hydroxylation is 1. The summed E-state index contributed by atoms with van der Waals surface area (Å²) >= 11 is 1.74. The molecule has 0 spiro atoms. The lowest BCUT2D eigenvalue weighted by atomic mass is 10.2. The fourth-order valence-electron chi connectivity index (χ4n) is 2.70. The van der Waals surface area contributed by atoms with Crippen molar-refractivity contribution < 1.29 is 4.74 Å². The highest BCUT2D eigenvalue weighted by atomic mass is 127. The molecule has 7 heteroatoms. The van der Waals surface area contributed by atoms with Crippen LogP contribution < -0.4 is 15.4 Å². The molecule has 0 amide bonds. The van der Waals surface area contributed by atoms with Crippen molar-refractivity contribution in [3.05, 3.63) is 81.8 Å². The molecule has 5 nitrogen and oxygen atoms in total. The summed E-state index contributed by atoms with van der Waals surface area (Å²) in [7, 11) is 1.78. The third-order valence-corrected chi connectivity index (χ3v) is 5.10. The van der Waals surface area contributed by atoms with Gasteiger partial charge in [0, 0.05) is 37.6 Å². The molecule has 0 bridgehead atoms. The molecule has 0 saturated carbocycles. The average Bonchev–Trinajstić information content (AvgIpc) is 3.15. The van der Waals surface area contributed by atoms with E-state index >= 15 is 0 Å². The van der Waals surface area contributed by atoms with Gasteiger partial charge in [0.25, 0.3) is 0 Å². The summed E-state index contributed by atoms with van der Waals surface area (Å²) in [6.07, 6.45) is 2.81. The molecule has 3 rings (SSSR count). The maximum absolute atomic E-state index is 5.90. The quantitative estimate of drug-likeness (QED) is 0.259. The second-order valence-electron chi connectivity index (χ2n) is 6.39. The Kier molecular flexibility index (Phi) is 9.93. The number of nitrogens with zero attached hydrogens (tertiary/aromatic N) is 2. The van der Waals surface area contributed by atoms with Crippen molar-refractivity contribution in [2.45, 2.75) is 26.5 Å². The van der Waals surface area contributed by atoms with Gasteiger partial charge in [-0.15, -0.1) is 35.3 Å². The lowest BCUT2D eigenvalue weighted by molar-refractivity contribution is 0.306. The van der Waals surface area contributed by atoms with Crippen molar-refractivity contribution in [3.63, 3.8) is 0 Å². The molecule has 0 saturated heterocycles. The van der Waals surface area contributed by atoms with Gasteiger partial charge in [-0.3, -0.25) is 4.99 Å². The SMILES string of the molecule is CN=C(NCCc1ncc(C)s1)NCc1cccc(OCc2ccccc2)c1.I. The van der Waals surface area contributed by atoms with E-state index in [9.17, 15) is 0 Å². The predicted octanol–water partition coefficient (Wildman–Crippen LogP) is 4.56. The van der Waals surface area contributed by atoms with Crippen molar-refractivity contribution in [2.24, 2.45) is 4.99 Å². The van der Waals surface area contributed by atoms with Gasteiger partial charge in [-0.05, 0) is 30.2 Å². The van der Waals surface area contributed by atoms with E-state index in [0.717, 1.165) is 40.8 Å². The van der Waals surface area contributed by atoms with E-state index in [4.69, 9.17) is 4.74 Å². The van der Waals surface area contributed by atoms with Crippen molar-refractivity contribution >= 4 is 41.3 Å². The molecule has 0 unspecified atom stereocenters. The minimum Gasteiger partial charge on any atom is -0.489 e. The zero-order valence-electron chi connectivity index (χ0n) is 16.7. The molecule has 0 aliphatic rings. The predicted molar refractivity (Wildman–Crippen MR) is 131 cm³/mol. The first kappa shape index (κ1) is 23.2. The van der Waals surface area contributed by atoms with Gasteiger partial charge in [-0.1, -0.05) is 42.5 Å². The van der Waals surface area contributed by atoms with Crippen LogP contribution in [0.4, 0.5) is 0 Å². The van der Waals surface area contributed by atoms with Crippen LogP contribution in [0.1, 0.15) is 21.0 Å². The number of nitrogens with one attached hydrogen (secondary N) is 2. The van der Waals surface area contributed by atoms with Crippen LogP contribution in [0.25, 0.3) is 0 Å². The van der Waals surface area contributed by atoms with Crippen molar-refractivity contribution in [3.8, 4) is 5.75 Å². The number of aliphatic imine (C=N–C) groups is 1. The Morgan fingerprint density at radius 2 is 1.86 bits per heavy atom. The molecule has 0 aliphatic heterocycles. The Morgan fingerprint density at radius 1 is 1.07 bits per heavy atom. The molecule has 0 atom stereocenters. The van der Waals surface area contributed by atoms with Crippen LogP contribution in [0.5, 0.6) is 5.75 Å². The van der Waals surface area contributed by atoms with E-state index in [1.807, 2.05) is 36.5 Å². The molecule has 3 aromatic rings. The fraction of sp³-hybridized carbons (Fsp3) is 0.273.